The van der Waals surface area contributed by atoms with Crippen LogP contribution in [0.25, 0.3) is 0 Å². The van der Waals surface area contributed by atoms with Crippen molar-refractivity contribution in [3.05, 3.63) is 0 Å². The van der Waals surface area contributed by atoms with Gasteiger partial charge in [-0.05, 0) is 33.6 Å². The Kier molecular flexibility index (Phi) is 4.15. The molecule has 0 atom stereocenters. The minimum absolute atomic E-state index is 0.0290. The molecule has 0 radical (unpaired) electrons. The van der Waals surface area contributed by atoms with E-state index < -0.39 is 20.1 Å². The van der Waals surface area contributed by atoms with Gasteiger partial charge in [0.15, 0.2) is 9.84 Å². The predicted molar refractivity (Wildman–Crippen MR) is 67.5 cm³/mol. The van der Waals surface area contributed by atoms with E-state index in [0.29, 0.717) is 12.8 Å². The molecule has 0 bridgehead atoms. The van der Waals surface area contributed by atoms with Crippen LogP contribution >= 0.6 is 0 Å². The van der Waals surface area contributed by atoms with Crippen molar-refractivity contribution < 1.29 is 13.2 Å². The first kappa shape index (κ1) is 14.4. The van der Waals surface area contributed by atoms with Crippen molar-refractivity contribution in [2.45, 2.75) is 63.2 Å². The molecule has 0 N–H and O–H groups in total. The molecule has 0 aromatic heterocycles. The first-order chi connectivity index (χ1) is 7.72. The number of aliphatic imine (C=N–C) groups is 1. The molecule has 98 valence electrons. The second-order valence-electron chi connectivity index (χ2n) is 5.86. The third kappa shape index (κ3) is 3.39. The van der Waals surface area contributed by atoms with E-state index in [1.165, 1.54) is 0 Å². The molecular formula is C12H21NO3S. The van der Waals surface area contributed by atoms with Crippen molar-refractivity contribution in [3.63, 3.8) is 0 Å². The van der Waals surface area contributed by atoms with Crippen LogP contribution in [0.1, 0.15) is 52.9 Å². The number of nitrogens with zero attached hydrogens (tertiary/aromatic N) is 1. The second-order valence-corrected chi connectivity index (χ2v) is 8.60. The van der Waals surface area contributed by atoms with E-state index in [0.717, 1.165) is 19.3 Å². The Hall–Kier alpha value is -0.670. The molecule has 0 aliphatic heterocycles. The van der Waals surface area contributed by atoms with Crippen LogP contribution in [0, 0.1) is 0 Å². The van der Waals surface area contributed by atoms with E-state index in [4.69, 9.17) is 0 Å². The Labute approximate surface area is 103 Å². The van der Waals surface area contributed by atoms with Crippen LogP contribution < -0.4 is 0 Å². The quantitative estimate of drug-likeness (QED) is 0.576. The van der Waals surface area contributed by atoms with Crippen LogP contribution in [-0.4, -0.2) is 30.5 Å². The highest BCUT2D eigenvalue weighted by Crippen LogP contribution is 2.35. The zero-order valence-corrected chi connectivity index (χ0v) is 11.6. The summed E-state index contributed by atoms with van der Waals surface area (Å²) in [7, 11) is -3.25. The second kappa shape index (κ2) is 4.91. The lowest BCUT2D eigenvalue weighted by Gasteiger charge is -2.34. The van der Waals surface area contributed by atoms with Gasteiger partial charge in [-0.15, -0.1) is 0 Å². The number of rotatable bonds is 3. The zero-order valence-electron chi connectivity index (χ0n) is 10.8. The van der Waals surface area contributed by atoms with E-state index in [9.17, 15) is 13.2 Å². The summed E-state index contributed by atoms with van der Waals surface area (Å²) in [6.07, 6.45) is 5.88. The van der Waals surface area contributed by atoms with Crippen LogP contribution in [0.2, 0.25) is 0 Å². The normalized spacial score (nSPS) is 20.6. The molecule has 0 amide bonds. The van der Waals surface area contributed by atoms with E-state index in [1.807, 2.05) is 0 Å². The Bertz CT molecular complexity index is 408. The fourth-order valence-corrected chi connectivity index (χ4v) is 3.66. The first-order valence-electron chi connectivity index (χ1n) is 6.04. The average molecular weight is 259 g/mol. The third-order valence-electron chi connectivity index (χ3n) is 3.46. The Balaban J connectivity index is 2.99. The van der Waals surface area contributed by atoms with Crippen LogP contribution in [0.5, 0.6) is 0 Å². The highest BCUT2D eigenvalue weighted by atomic mass is 32.2. The summed E-state index contributed by atoms with van der Waals surface area (Å²) in [6, 6.07) is 0. The molecule has 1 aliphatic rings. The van der Waals surface area contributed by atoms with Crippen molar-refractivity contribution in [2.24, 2.45) is 4.99 Å². The van der Waals surface area contributed by atoms with Crippen molar-refractivity contribution in [2.75, 3.05) is 5.75 Å². The van der Waals surface area contributed by atoms with E-state index in [1.54, 1.807) is 26.9 Å². The van der Waals surface area contributed by atoms with Crippen LogP contribution in [0.4, 0.5) is 0 Å². The van der Waals surface area contributed by atoms with Gasteiger partial charge in [-0.2, -0.15) is 4.99 Å². The summed E-state index contributed by atoms with van der Waals surface area (Å²) >= 11 is 0. The number of hydrogen-bond donors (Lipinski definition) is 0. The lowest BCUT2D eigenvalue weighted by molar-refractivity contribution is 0.323. The molecule has 0 aromatic carbocycles. The van der Waals surface area contributed by atoms with Gasteiger partial charge in [-0.1, -0.05) is 19.3 Å². The van der Waals surface area contributed by atoms with E-state index in [2.05, 4.69) is 4.99 Å². The summed E-state index contributed by atoms with van der Waals surface area (Å²) < 4.78 is 23.6. The van der Waals surface area contributed by atoms with Crippen LogP contribution in [0.3, 0.4) is 0 Å². The van der Waals surface area contributed by atoms with Gasteiger partial charge in [0.05, 0.1) is 16.0 Å². The lowest BCUT2D eigenvalue weighted by atomic mass is 9.84. The van der Waals surface area contributed by atoms with Gasteiger partial charge >= 0.3 is 0 Å². The topological polar surface area (TPSA) is 63.6 Å². The maximum atomic E-state index is 12.2. The highest BCUT2D eigenvalue weighted by Gasteiger charge is 2.41. The minimum atomic E-state index is -3.25. The maximum Gasteiger partial charge on any atom is 0.235 e. The molecule has 1 fully saturated rings. The van der Waals surface area contributed by atoms with Gasteiger partial charge in [0.25, 0.3) is 0 Å². The summed E-state index contributed by atoms with van der Waals surface area (Å²) in [4.78, 5) is 14.4. The molecule has 4 nitrogen and oxygen atoms in total. The van der Waals surface area contributed by atoms with Crippen molar-refractivity contribution in [1.82, 2.24) is 0 Å². The molecule has 1 saturated carbocycles. The van der Waals surface area contributed by atoms with Gasteiger partial charge in [-0.3, -0.25) is 0 Å². The van der Waals surface area contributed by atoms with Crippen molar-refractivity contribution in [1.29, 1.82) is 0 Å². The van der Waals surface area contributed by atoms with Gasteiger partial charge in [-0.25, -0.2) is 13.2 Å². The molecule has 5 heteroatoms. The van der Waals surface area contributed by atoms with Gasteiger partial charge in [0.1, 0.15) is 0 Å². The smallest absolute Gasteiger partial charge is 0.228 e. The monoisotopic (exact) mass is 259 g/mol. The summed E-state index contributed by atoms with van der Waals surface area (Å²) in [5.41, 5.74) is -0.716. The Morgan fingerprint density at radius 2 is 1.71 bits per heavy atom. The van der Waals surface area contributed by atoms with Crippen molar-refractivity contribution >= 4 is 15.9 Å². The summed E-state index contributed by atoms with van der Waals surface area (Å²) in [5.74, 6) is -0.0290. The van der Waals surface area contributed by atoms with Crippen LogP contribution in [-0.2, 0) is 14.6 Å². The molecule has 0 heterocycles. The Morgan fingerprint density at radius 3 is 2.12 bits per heavy atom. The first-order valence-corrected chi connectivity index (χ1v) is 7.69. The number of isocyanates is 1. The van der Waals surface area contributed by atoms with Gasteiger partial charge in [0, 0.05) is 0 Å². The summed E-state index contributed by atoms with van der Waals surface area (Å²) in [6.45, 7) is 5.05. The standard InChI is InChI=1S/C12H21NO3S/c1-11(2,3)17(15,16)9-12(13-10-14)7-5-4-6-8-12/h4-9H2,1-3H3. The lowest BCUT2D eigenvalue weighted by Crippen LogP contribution is -2.43. The molecular weight excluding hydrogens is 238 g/mol. The third-order valence-corrected chi connectivity index (χ3v) is 6.24. The van der Waals surface area contributed by atoms with E-state index in [-0.39, 0.29) is 5.75 Å². The molecule has 17 heavy (non-hydrogen) atoms. The SMILES string of the molecule is CC(C)(C)S(=O)(=O)CC1(N=C=O)CCCCC1. The Morgan fingerprint density at radius 1 is 1.18 bits per heavy atom. The number of sulfone groups is 1. The highest BCUT2D eigenvalue weighted by molar-refractivity contribution is 7.92. The average Bonchev–Trinajstić information content (AvgIpc) is 2.16. The largest absolute Gasteiger partial charge is 0.235 e. The predicted octanol–water partition coefficient (Wildman–Crippen LogP) is 2.24. The fraction of sp³-hybridized carbons (Fsp3) is 0.917. The van der Waals surface area contributed by atoms with Gasteiger partial charge < -0.3 is 0 Å². The molecule has 0 unspecified atom stereocenters. The number of hydrogen-bond acceptors (Lipinski definition) is 4. The molecule has 1 rings (SSSR count). The molecule has 1 aliphatic carbocycles. The minimum Gasteiger partial charge on any atom is -0.228 e. The van der Waals surface area contributed by atoms with E-state index >= 15 is 0 Å². The van der Waals surface area contributed by atoms with Crippen LogP contribution in [0.15, 0.2) is 4.99 Å². The molecule has 0 spiro atoms. The fourth-order valence-electron chi connectivity index (χ4n) is 2.17. The maximum absolute atomic E-state index is 12.2. The zero-order chi connectivity index (χ0) is 13.2. The van der Waals surface area contributed by atoms with Crippen molar-refractivity contribution in [3.8, 4) is 0 Å². The number of carbonyl (C=O) groups excluding carboxylic acids is 1. The molecule has 0 aromatic rings. The summed E-state index contributed by atoms with van der Waals surface area (Å²) in [5, 5.41) is 0. The van der Waals surface area contributed by atoms with Gasteiger partial charge in [0.2, 0.25) is 6.08 Å². The molecule has 0 saturated heterocycles.